The van der Waals surface area contributed by atoms with Gasteiger partial charge in [0.1, 0.15) is 6.17 Å². The van der Waals surface area contributed by atoms with Crippen LogP contribution in [0.1, 0.15) is 83.5 Å². The fourth-order valence-electron chi connectivity index (χ4n) is 2.42. The van der Waals surface area contributed by atoms with E-state index in [2.05, 4.69) is 4.74 Å². The van der Waals surface area contributed by atoms with Crippen LogP contribution in [0.5, 0.6) is 0 Å². The molecule has 0 aliphatic carbocycles. The Labute approximate surface area is 129 Å². The lowest BCUT2D eigenvalue weighted by Gasteiger charge is -2.04. The Bertz CT molecular complexity index is 234. The van der Waals surface area contributed by atoms with Crippen molar-refractivity contribution < 1.29 is 19.0 Å². The highest BCUT2D eigenvalue weighted by Crippen LogP contribution is 2.13. The zero-order valence-corrected chi connectivity index (χ0v) is 13.6. The highest BCUT2D eigenvalue weighted by molar-refractivity contribution is 5.68. The highest BCUT2D eigenvalue weighted by Gasteiger charge is 2.03. The van der Waals surface area contributed by atoms with Crippen LogP contribution in [0, 0.1) is 0 Å². The highest BCUT2D eigenvalue weighted by atomic mass is 19.1. The number of carbonyl (C=O) groups excluding carboxylic acids is 1. The molecule has 1 atom stereocenters. The molecule has 0 saturated heterocycles. The fourth-order valence-corrected chi connectivity index (χ4v) is 2.42. The Balaban J connectivity index is 3.04. The number of aliphatic hydroxyl groups is 1. The summed E-state index contributed by atoms with van der Waals surface area (Å²) in [5.41, 5.74) is 0. The molecule has 1 unspecified atom stereocenters. The Morgan fingerprint density at radius 2 is 1.33 bits per heavy atom. The summed E-state index contributed by atoms with van der Waals surface area (Å²) in [4.78, 5) is 10.9. The van der Waals surface area contributed by atoms with Crippen LogP contribution in [0.3, 0.4) is 0 Å². The SMILES string of the molecule is COC(=O)CCCCCCCCCCCCCC(F)CO. The molecule has 0 rings (SSSR count). The normalized spacial score (nSPS) is 12.3. The number of hydrogen-bond donors (Lipinski definition) is 1. The molecule has 126 valence electrons. The van der Waals surface area contributed by atoms with Gasteiger partial charge in [0, 0.05) is 6.42 Å². The van der Waals surface area contributed by atoms with Crippen LogP contribution in [0.25, 0.3) is 0 Å². The Morgan fingerprint density at radius 3 is 1.76 bits per heavy atom. The molecule has 0 spiro atoms. The maximum atomic E-state index is 12.7. The number of unbranched alkanes of at least 4 members (excludes halogenated alkanes) is 10. The lowest BCUT2D eigenvalue weighted by Crippen LogP contribution is -2.04. The minimum Gasteiger partial charge on any atom is -0.469 e. The Morgan fingerprint density at radius 1 is 0.905 bits per heavy atom. The van der Waals surface area contributed by atoms with Crippen LogP contribution in [0.4, 0.5) is 4.39 Å². The van der Waals surface area contributed by atoms with Gasteiger partial charge in [0.2, 0.25) is 0 Å². The van der Waals surface area contributed by atoms with Crippen LogP contribution in [0.2, 0.25) is 0 Å². The third-order valence-corrected chi connectivity index (χ3v) is 3.82. The molecule has 3 nitrogen and oxygen atoms in total. The number of aliphatic hydroxyl groups excluding tert-OH is 1. The predicted molar refractivity (Wildman–Crippen MR) is 84.0 cm³/mol. The second-order valence-corrected chi connectivity index (χ2v) is 5.78. The molecule has 4 heteroatoms. The summed E-state index contributed by atoms with van der Waals surface area (Å²) in [5, 5.41) is 8.55. The van der Waals surface area contributed by atoms with Crippen LogP contribution < -0.4 is 0 Å². The molecular weight excluding hydrogens is 271 g/mol. The number of alkyl halides is 1. The van der Waals surface area contributed by atoms with Crippen molar-refractivity contribution in [1.82, 2.24) is 0 Å². The van der Waals surface area contributed by atoms with Crippen molar-refractivity contribution in [1.29, 1.82) is 0 Å². The van der Waals surface area contributed by atoms with Crippen LogP contribution in [0.15, 0.2) is 0 Å². The van der Waals surface area contributed by atoms with Gasteiger partial charge in [-0.25, -0.2) is 4.39 Å². The fraction of sp³-hybridized carbons (Fsp3) is 0.941. The molecule has 1 N–H and O–H groups in total. The van der Waals surface area contributed by atoms with Gasteiger partial charge in [0.05, 0.1) is 13.7 Å². The largest absolute Gasteiger partial charge is 0.469 e. The number of hydrogen-bond acceptors (Lipinski definition) is 3. The number of halogens is 1. The number of methoxy groups -OCH3 is 1. The van der Waals surface area contributed by atoms with E-state index in [0.717, 1.165) is 25.7 Å². The van der Waals surface area contributed by atoms with Gasteiger partial charge in [-0.1, -0.05) is 64.2 Å². The maximum absolute atomic E-state index is 12.7. The molecule has 0 bridgehead atoms. The average Bonchev–Trinajstić information content (AvgIpc) is 2.51. The van der Waals surface area contributed by atoms with Crippen LogP contribution in [-0.4, -0.2) is 31.0 Å². The van der Waals surface area contributed by atoms with Crippen LogP contribution in [-0.2, 0) is 9.53 Å². The number of carbonyl (C=O) groups is 1. The molecule has 0 amide bonds. The second kappa shape index (κ2) is 15.7. The van der Waals surface area contributed by atoms with E-state index in [9.17, 15) is 9.18 Å². The molecule has 0 saturated carbocycles. The summed E-state index contributed by atoms with van der Waals surface area (Å²) in [5.74, 6) is -0.104. The van der Waals surface area contributed by atoms with Crippen molar-refractivity contribution in [3.63, 3.8) is 0 Å². The van der Waals surface area contributed by atoms with Crippen LogP contribution >= 0.6 is 0 Å². The van der Waals surface area contributed by atoms with Gasteiger partial charge in [-0.15, -0.1) is 0 Å². The Hall–Kier alpha value is -0.640. The maximum Gasteiger partial charge on any atom is 0.305 e. The first-order valence-electron chi connectivity index (χ1n) is 8.52. The van der Waals surface area contributed by atoms with Crippen molar-refractivity contribution in [3.05, 3.63) is 0 Å². The smallest absolute Gasteiger partial charge is 0.305 e. The molecular formula is C17H33FO3. The molecule has 0 aromatic carbocycles. The average molecular weight is 304 g/mol. The standard InChI is InChI=1S/C17H33FO3/c1-21-17(20)14-12-10-8-6-4-2-3-5-7-9-11-13-16(18)15-19/h16,19H,2-15H2,1H3. The van der Waals surface area contributed by atoms with Gasteiger partial charge in [-0.05, 0) is 12.8 Å². The second-order valence-electron chi connectivity index (χ2n) is 5.78. The molecule has 0 aliphatic rings. The minimum atomic E-state index is -1.02. The molecule has 21 heavy (non-hydrogen) atoms. The zero-order valence-electron chi connectivity index (χ0n) is 13.6. The van der Waals surface area contributed by atoms with E-state index < -0.39 is 6.17 Å². The lowest BCUT2D eigenvalue weighted by molar-refractivity contribution is -0.140. The van der Waals surface area contributed by atoms with Gasteiger partial charge in [-0.3, -0.25) is 4.79 Å². The van der Waals surface area contributed by atoms with E-state index in [0.29, 0.717) is 12.8 Å². The topological polar surface area (TPSA) is 46.5 Å². The first-order valence-corrected chi connectivity index (χ1v) is 8.52. The van der Waals surface area contributed by atoms with Gasteiger partial charge >= 0.3 is 5.97 Å². The van der Waals surface area contributed by atoms with E-state index in [4.69, 9.17) is 5.11 Å². The van der Waals surface area contributed by atoms with E-state index in [1.807, 2.05) is 0 Å². The lowest BCUT2D eigenvalue weighted by atomic mass is 10.0. The van der Waals surface area contributed by atoms with Crippen molar-refractivity contribution in [3.8, 4) is 0 Å². The predicted octanol–water partition coefficient (Wildman–Crippen LogP) is 4.56. The third-order valence-electron chi connectivity index (χ3n) is 3.82. The van der Waals surface area contributed by atoms with Crippen molar-refractivity contribution >= 4 is 5.97 Å². The van der Waals surface area contributed by atoms with Crippen molar-refractivity contribution in [2.24, 2.45) is 0 Å². The Kier molecular flexibility index (Phi) is 15.3. The van der Waals surface area contributed by atoms with Gasteiger partial charge in [0.25, 0.3) is 0 Å². The number of esters is 1. The van der Waals surface area contributed by atoms with E-state index >= 15 is 0 Å². The van der Waals surface area contributed by atoms with E-state index in [1.165, 1.54) is 52.1 Å². The summed E-state index contributed by atoms with van der Waals surface area (Å²) in [6.07, 6.45) is 12.7. The summed E-state index contributed by atoms with van der Waals surface area (Å²) in [7, 11) is 1.44. The van der Waals surface area contributed by atoms with Gasteiger partial charge in [-0.2, -0.15) is 0 Å². The molecule has 0 heterocycles. The van der Waals surface area contributed by atoms with Crippen molar-refractivity contribution in [2.45, 2.75) is 89.6 Å². The molecule has 0 fully saturated rings. The van der Waals surface area contributed by atoms with Gasteiger partial charge < -0.3 is 9.84 Å². The van der Waals surface area contributed by atoms with E-state index in [1.54, 1.807) is 0 Å². The zero-order chi connectivity index (χ0) is 15.8. The molecule has 0 aliphatic heterocycles. The molecule has 0 radical (unpaired) electrons. The molecule has 0 aromatic rings. The minimum absolute atomic E-state index is 0.104. The summed E-state index contributed by atoms with van der Waals surface area (Å²) < 4.78 is 17.3. The quantitative estimate of drug-likeness (QED) is 0.356. The third kappa shape index (κ3) is 15.6. The van der Waals surface area contributed by atoms with E-state index in [-0.39, 0.29) is 12.6 Å². The first kappa shape index (κ1) is 20.4. The first-order chi connectivity index (χ1) is 10.2. The molecule has 0 aromatic heterocycles. The number of ether oxygens (including phenoxy) is 1. The number of rotatable bonds is 15. The van der Waals surface area contributed by atoms with Crippen molar-refractivity contribution in [2.75, 3.05) is 13.7 Å². The monoisotopic (exact) mass is 304 g/mol. The van der Waals surface area contributed by atoms with Gasteiger partial charge in [0.15, 0.2) is 0 Å². The summed E-state index contributed by atoms with van der Waals surface area (Å²) >= 11 is 0. The summed E-state index contributed by atoms with van der Waals surface area (Å²) in [6.45, 7) is -0.334. The summed E-state index contributed by atoms with van der Waals surface area (Å²) in [6, 6.07) is 0.